The molecule has 0 radical (unpaired) electrons. The second kappa shape index (κ2) is 6.97. The average molecular weight is 333 g/mol. The summed E-state index contributed by atoms with van der Waals surface area (Å²) in [5, 5.41) is 16.7. The van der Waals surface area contributed by atoms with Gasteiger partial charge in [0.25, 0.3) is 0 Å². The van der Waals surface area contributed by atoms with Crippen molar-refractivity contribution in [3.8, 4) is 17.5 Å². The Morgan fingerprint density at radius 3 is 2.72 bits per heavy atom. The first-order valence-corrected chi connectivity index (χ1v) is 7.68. The van der Waals surface area contributed by atoms with E-state index >= 15 is 0 Å². The minimum absolute atomic E-state index is 0.349. The Hall–Kier alpha value is -3.46. The maximum atomic E-state index is 12.4. The zero-order valence-electron chi connectivity index (χ0n) is 13.8. The van der Waals surface area contributed by atoms with Crippen molar-refractivity contribution in [1.82, 2.24) is 10.2 Å². The largest absolute Gasteiger partial charge is 0.454 e. The van der Waals surface area contributed by atoms with E-state index < -0.39 is 12.1 Å². The number of ether oxygens (including phenoxy) is 1. The first kappa shape index (κ1) is 16.4. The van der Waals surface area contributed by atoms with Crippen molar-refractivity contribution in [3.63, 3.8) is 0 Å². The normalized spacial score (nSPS) is 11.6. The van der Waals surface area contributed by atoms with Gasteiger partial charge in [-0.25, -0.2) is 4.79 Å². The van der Waals surface area contributed by atoms with Gasteiger partial charge in [0.15, 0.2) is 0 Å². The van der Waals surface area contributed by atoms with Gasteiger partial charge < -0.3 is 9.15 Å². The molecule has 124 valence electrons. The van der Waals surface area contributed by atoms with Gasteiger partial charge in [-0.15, -0.1) is 10.2 Å². The van der Waals surface area contributed by atoms with E-state index in [2.05, 4.69) is 16.3 Å². The molecular formula is C19H15N3O3. The maximum Gasteiger partial charge on any atom is 0.338 e. The zero-order valence-corrected chi connectivity index (χ0v) is 13.8. The highest BCUT2D eigenvalue weighted by Crippen LogP contribution is 2.22. The van der Waals surface area contributed by atoms with E-state index in [9.17, 15) is 4.79 Å². The number of benzene rings is 2. The zero-order chi connectivity index (χ0) is 17.8. The van der Waals surface area contributed by atoms with E-state index in [1.807, 2.05) is 6.07 Å². The molecule has 0 N–H and O–H groups in total. The van der Waals surface area contributed by atoms with Crippen LogP contribution in [0.1, 0.15) is 40.4 Å². The van der Waals surface area contributed by atoms with Crippen LogP contribution in [-0.4, -0.2) is 16.2 Å². The average Bonchev–Trinajstić information content (AvgIpc) is 3.08. The Balaban J connectivity index is 1.78. The van der Waals surface area contributed by atoms with Gasteiger partial charge in [-0.05, 0) is 42.8 Å². The molecule has 6 nitrogen and oxygen atoms in total. The summed E-state index contributed by atoms with van der Waals surface area (Å²) >= 11 is 0. The lowest BCUT2D eigenvalue weighted by atomic mass is 10.1. The minimum atomic E-state index is -0.477. The molecular weight excluding hydrogens is 318 g/mol. The van der Waals surface area contributed by atoms with Crippen molar-refractivity contribution in [2.24, 2.45) is 0 Å². The van der Waals surface area contributed by atoms with Crippen LogP contribution >= 0.6 is 0 Å². The summed E-state index contributed by atoms with van der Waals surface area (Å²) < 4.78 is 10.9. The summed E-state index contributed by atoms with van der Waals surface area (Å²) in [5.74, 6) is 0.337. The molecule has 0 aliphatic heterocycles. The standard InChI is InChI=1S/C19H15N3O3/c1-12(15-6-3-5-14(9-15)11-20)24-19(23)17-8-4-7-16(10-17)18-22-21-13(2)25-18/h3-10,12H,1-2H3/t12-/m0/s1. The predicted molar refractivity (Wildman–Crippen MR) is 89.5 cm³/mol. The lowest BCUT2D eigenvalue weighted by Gasteiger charge is -2.14. The summed E-state index contributed by atoms with van der Waals surface area (Å²) in [6, 6.07) is 15.9. The number of hydrogen-bond donors (Lipinski definition) is 0. The quantitative estimate of drug-likeness (QED) is 0.674. The Labute approximate surface area is 144 Å². The topological polar surface area (TPSA) is 89.0 Å². The number of carbonyl (C=O) groups excluding carboxylic acids is 1. The molecule has 6 heteroatoms. The third kappa shape index (κ3) is 3.72. The Morgan fingerprint density at radius 1 is 1.20 bits per heavy atom. The van der Waals surface area contributed by atoms with Crippen LogP contribution in [0, 0.1) is 18.3 Å². The monoisotopic (exact) mass is 333 g/mol. The second-order valence-corrected chi connectivity index (χ2v) is 5.49. The third-order valence-electron chi connectivity index (χ3n) is 3.64. The van der Waals surface area contributed by atoms with Gasteiger partial charge in [-0.2, -0.15) is 5.26 Å². The molecule has 0 aliphatic carbocycles. The van der Waals surface area contributed by atoms with Crippen LogP contribution in [0.5, 0.6) is 0 Å². The van der Waals surface area contributed by atoms with Crippen LogP contribution in [0.15, 0.2) is 52.9 Å². The first-order chi connectivity index (χ1) is 12.1. The van der Waals surface area contributed by atoms with Gasteiger partial charge >= 0.3 is 5.97 Å². The van der Waals surface area contributed by atoms with Crippen molar-refractivity contribution in [2.45, 2.75) is 20.0 Å². The van der Waals surface area contributed by atoms with E-state index in [0.29, 0.717) is 28.5 Å². The number of nitriles is 1. The Kier molecular flexibility index (Phi) is 4.57. The van der Waals surface area contributed by atoms with Gasteiger partial charge in [-0.3, -0.25) is 0 Å². The fourth-order valence-electron chi connectivity index (χ4n) is 2.35. The lowest BCUT2D eigenvalue weighted by Crippen LogP contribution is -2.09. The summed E-state index contributed by atoms with van der Waals surface area (Å²) in [5.41, 5.74) is 2.32. The molecule has 1 aromatic heterocycles. The molecule has 1 atom stereocenters. The smallest absolute Gasteiger partial charge is 0.338 e. The van der Waals surface area contributed by atoms with Crippen molar-refractivity contribution >= 4 is 5.97 Å². The molecule has 0 amide bonds. The maximum absolute atomic E-state index is 12.4. The highest BCUT2D eigenvalue weighted by Gasteiger charge is 2.16. The van der Waals surface area contributed by atoms with Crippen LogP contribution in [0.2, 0.25) is 0 Å². The number of nitrogens with zero attached hydrogens (tertiary/aromatic N) is 3. The molecule has 0 saturated carbocycles. The molecule has 0 spiro atoms. The molecule has 25 heavy (non-hydrogen) atoms. The Morgan fingerprint density at radius 2 is 2.00 bits per heavy atom. The first-order valence-electron chi connectivity index (χ1n) is 7.68. The third-order valence-corrected chi connectivity index (χ3v) is 3.64. The number of carbonyl (C=O) groups is 1. The summed E-state index contributed by atoms with van der Waals surface area (Å²) in [7, 11) is 0. The highest BCUT2D eigenvalue weighted by molar-refractivity contribution is 5.90. The number of aryl methyl sites for hydroxylation is 1. The molecule has 0 aliphatic rings. The predicted octanol–water partition coefficient (Wildman–Crippen LogP) is 3.83. The highest BCUT2D eigenvalue weighted by atomic mass is 16.5. The van der Waals surface area contributed by atoms with E-state index in [1.54, 1.807) is 56.3 Å². The van der Waals surface area contributed by atoms with E-state index in [4.69, 9.17) is 14.4 Å². The van der Waals surface area contributed by atoms with Gasteiger partial charge in [0.1, 0.15) is 6.10 Å². The van der Waals surface area contributed by atoms with Crippen molar-refractivity contribution < 1.29 is 13.9 Å². The van der Waals surface area contributed by atoms with Crippen LogP contribution in [0.4, 0.5) is 0 Å². The number of hydrogen-bond acceptors (Lipinski definition) is 6. The van der Waals surface area contributed by atoms with Gasteiger partial charge in [-0.1, -0.05) is 18.2 Å². The summed E-state index contributed by atoms with van der Waals surface area (Å²) in [6.07, 6.45) is -0.477. The SMILES string of the molecule is Cc1nnc(-c2cccc(C(=O)O[C@@H](C)c3cccc(C#N)c3)c2)o1. The summed E-state index contributed by atoms with van der Waals surface area (Å²) in [6.45, 7) is 3.46. The minimum Gasteiger partial charge on any atom is -0.454 e. The van der Waals surface area contributed by atoms with Crippen LogP contribution in [0.3, 0.4) is 0 Å². The van der Waals surface area contributed by atoms with Crippen LogP contribution < -0.4 is 0 Å². The van der Waals surface area contributed by atoms with E-state index in [1.165, 1.54) is 0 Å². The molecule has 0 fully saturated rings. The van der Waals surface area contributed by atoms with Crippen LogP contribution in [-0.2, 0) is 4.74 Å². The molecule has 0 unspecified atom stereocenters. The van der Waals surface area contributed by atoms with E-state index in [-0.39, 0.29) is 0 Å². The molecule has 0 saturated heterocycles. The van der Waals surface area contributed by atoms with Gasteiger partial charge in [0.05, 0.1) is 17.2 Å². The lowest BCUT2D eigenvalue weighted by molar-refractivity contribution is 0.0338. The Bertz CT molecular complexity index is 956. The van der Waals surface area contributed by atoms with Crippen molar-refractivity contribution in [1.29, 1.82) is 5.26 Å². The fourth-order valence-corrected chi connectivity index (χ4v) is 2.35. The van der Waals surface area contributed by atoms with Gasteiger partial charge in [0, 0.05) is 12.5 Å². The molecule has 1 heterocycles. The second-order valence-electron chi connectivity index (χ2n) is 5.49. The summed E-state index contributed by atoms with van der Waals surface area (Å²) in [4.78, 5) is 12.4. The van der Waals surface area contributed by atoms with Crippen LogP contribution in [0.25, 0.3) is 11.5 Å². The van der Waals surface area contributed by atoms with Crippen molar-refractivity contribution in [3.05, 3.63) is 71.1 Å². The number of rotatable bonds is 4. The van der Waals surface area contributed by atoms with Gasteiger partial charge in [0.2, 0.25) is 11.8 Å². The fraction of sp³-hybridized carbons (Fsp3) is 0.158. The molecule has 2 aromatic carbocycles. The molecule has 3 rings (SSSR count). The van der Waals surface area contributed by atoms with Crippen molar-refractivity contribution in [2.75, 3.05) is 0 Å². The molecule has 0 bridgehead atoms. The molecule has 3 aromatic rings. The number of aromatic nitrogens is 2. The van der Waals surface area contributed by atoms with E-state index in [0.717, 1.165) is 5.56 Å². The number of esters is 1.